The number of hydroxylamine groups is 2. The van der Waals surface area contributed by atoms with Crippen LogP contribution in [0.1, 0.15) is 33.6 Å². The second kappa shape index (κ2) is 5.11. The molecule has 6 heteroatoms. The molecule has 1 aliphatic heterocycles. The lowest BCUT2D eigenvalue weighted by atomic mass is 10.1. The monoisotopic (exact) mass is 273 g/mol. The Labute approximate surface area is 110 Å². The van der Waals surface area contributed by atoms with E-state index < -0.39 is 14.4 Å². The normalized spacial score (nSPS) is 22.6. The molecule has 0 radical (unpaired) electrons. The molecule has 0 spiro atoms. The minimum atomic E-state index is -2.01. The quantitative estimate of drug-likeness (QED) is 0.583. The van der Waals surface area contributed by atoms with Gasteiger partial charge in [-0.1, -0.05) is 20.8 Å². The Morgan fingerprint density at radius 3 is 2.28 bits per heavy atom. The molecule has 18 heavy (non-hydrogen) atoms. The Balaban J connectivity index is 2.80. The van der Waals surface area contributed by atoms with Crippen LogP contribution in [0.15, 0.2) is 0 Å². The smallest absolute Gasteiger partial charge is 0.281 e. The van der Waals surface area contributed by atoms with Crippen LogP contribution >= 0.6 is 0 Å². The molecule has 0 N–H and O–H groups in total. The summed E-state index contributed by atoms with van der Waals surface area (Å²) in [6.07, 6.45) is 0.187. The van der Waals surface area contributed by atoms with Crippen molar-refractivity contribution in [1.29, 1.82) is 0 Å². The second-order valence-electron chi connectivity index (χ2n) is 6.11. The number of nitrogens with zero attached hydrogens (tertiary/aromatic N) is 1. The third kappa shape index (κ3) is 2.99. The minimum Gasteiger partial charge on any atom is -0.405 e. The zero-order chi connectivity index (χ0) is 14.1. The first-order valence-electron chi connectivity index (χ1n) is 6.19. The molecule has 1 heterocycles. The lowest BCUT2D eigenvalue weighted by molar-refractivity contribution is -0.198. The summed E-state index contributed by atoms with van der Waals surface area (Å²) in [7, 11) is -0.689. The van der Waals surface area contributed by atoms with Gasteiger partial charge in [0.2, 0.25) is 0 Å². The summed E-state index contributed by atoms with van der Waals surface area (Å²) in [5.41, 5.74) is 0. The number of rotatable bonds is 3. The molecule has 0 aromatic heterocycles. The van der Waals surface area contributed by atoms with E-state index in [0.717, 1.165) is 5.06 Å². The SMILES string of the molecule is CON1C(=O)CC[C@@H](O[Si](C)(C)C(C)(C)C)C1=O. The van der Waals surface area contributed by atoms with Gasteiger partial charge in [0.15, 0.2) is 8.32 Å². The van der Waals surface area contributed by atoms with E-state index in [-0.39, 0.29) is 16.9 Å². The van der Waals surface area contributed by atoms with Crippen molar-refractivity contribution in [3.63, 3.8) is 0 Å². The molecule has 2 amide bonds. The number of amides is 2. The molecule has 1 fully saturated rings. The van der Waals surface area contributed by atoms with Gasteiger partial charge in [0.25, 0.3) is 11.8 Å². The van der Waals surface area contributed by atoms with E-state index >= 15 is 0 Å². The van der Waals surface area contributed by atoms with Gasteiger partial charge in [0, 0.05) is 6.42 Å². The molecule has 0 aromatic carbocycles. The molecule has 0 unspecified atom stereocenters. The number of piperidine rings is 1. The first kappa shape index (κ1) is 15.3. The molecule has 1 atom stereocenters. The molecule has 1 rings (SSSR count). The van der Waals surface area contributed by atoms with Crippen molar-refractivity contribution in [1.82, 2.24) is 5.06 Å². The standard InChI is InChI=1S/C12H23NO4Si/c1-12(2,3)18(5,6)17-9-7-8-10(14)13(16-4)11(9)15/h9H,7-8H2,1-6H3/t9-/m1/s1. The van der Waals surface area contributed by atoms with Crippen molar-refractivity contribution in [3.8, 4) is 0 Å². The van der Waals surface area contributed by atoms with Gasteiger partial charge < -0.3 is 4.43 Å². The van der Waals surface area contributed by atoms with E-state index in [4.69, 9.17) is 9.26 Å². The first-order chi connectivity index (χ1) is 8.10. The van der Waals surface area contributed by atoms with Gasteiger partial charge in [-0.3, -0.25) is 14.4 Å². The molecule has 104 valence electrons. The van der Waals surface area contributed by atoms with Crippen molar-refractivity contribution in [2.45, 2.75) is 57.8 Å². The van der Waals surface area contributed by atoms with Gasteiger partial charge in [-0.25, -0.2) is 0 Å². The zero-order valence-corrected chi connectivity index (χ0v) is 13.1. The van der Waals surface area contributed by atoms with Gasteiger partial charge in [-0.05, 0) is 24.6 Å². The molecule has 0 saturated carbocycles. The molecule has 0 aromatic rings. The van der Waals surface area contributed by atoms with Crippen LogP contribution in [0.5, 0.6) is 0 Å². The highest BCUT2D eigenvalue weighted by molar-refractivity contribution is 6.74. The van der Waals surface area contributed by atoms with Crippen molar-refractivity contribution >= 4 is 20.1 Å². The average Bonchev–Trinajstić information content (AvgIpc) is 2.21. The van der Waals surface area contributed by atoms with E-state index in [0.29, 0.717) is 12.8 Å². The van der Waals surface area contributed by atoms with Crippen molar-refractivity contribution in [2.75, 3.05) is 7.11 Å². The predicted octanol–water partition coefficient (Wildman–Crippen LogP) is 2.09. The Hall–Kier alpha value is -0.723. The van der Waals surface area contributed by atoms with Crippen LogP contribution in [-0.2, 0) is 18.9 Å². The highest BCUT2D eigenvalue weighted by atomic mass is 28.4. The molecule has 0 bridgehead atoms. The van der Waals surface area contributed by atoms with Gasteiger partial charge in [0.1, 0.15) is 6.10 Å². The van der Waals surface area contributed by atoms with Gasteiger partial charge in [-0.15, -0.1) is 0 Å². The Bertz CT molecular complexity index is 348. The summed E-state index contributed by atoms with van der Waals surface area (Å²) in [6, 6.07) is 0. The van der Waals surface area contributed by atoms with Gasteiger partial charge in [0.05, 0.1) is 7.11 Å². The van der Waals surface area contributed by atoms with Gasteiger partial charge >= 0.3 is 0 Å². The van der Waals surface area contributed by atoms with E-state index in [1.165, 1.54) is 7.11 Å². The third-order valence-corrected chi connectivity index (χ3v) is 8.23. The third-order valence-electron chi connectivity index (χ3n) is 3.75. The predicted molar refractivity (Wildman–Crippen MR) is 70.2 cm³/mol. The lowest BCUT2D eigenvalue weighted by Gasteiger charge is -2.40. The van der Waals surface area contributed by atoms with Crippen LogP contribution in [0.4, 0.5) is 0 Å². The van der Waals surface area contributed by atoms with E-state index in [1.54, 1.807) is 0 Å². The molecule has 0 aliphatic carbocycles. The second-order valence-corrected chi connectivity index (χ2v) is 10.9. The van der Waals surface area contributed by atoms with Crippen LogP contribution in [0.25, 0.3) is 0 Å². The van der Waals surface area contributed by atoms with Crippen LogP contribution in [-0.4, -0.2) is 38.4 Å². The number of imide groups is 1. The summed E-state index contributed by atoms with van der Waals surface area (Å²) in [5.74, 6) is -0.670. The number of carbonyl (C=O) groups excluding carboxylic acids is 2. The maximum absolute atomic E-state index is 12.0. The zero-order valence-electron chi connectivity index (χ0n) is 12.1. The molecular formula is C12H23NO4Si. The number of hydrogen-bond donors (Lipinski definition) is 0. The maximum atomic E-state index is 12.0. The van der Waals surface area contributed by atoms with Crippen molar-refractivity contribution in [3.05, 3.63) is 0 Å². The van der Waals surface area contributed by atoms with E-state index in [9.17, 15) is 9.59 Å². The highest BCUT2D eigenvalue weighted by Crippen LogP contribution is 2.38. The van der Waals surface area contributed by atoms with Crippen molar-refractivity contribution < 1.29 is 18.9 Å². The fraction of sp³-hybridized carbons (Fsp3) is 0.833. The van der Waals surface area contributed by atoms with Crippen LogP contribution in [0, 0.1) is 0 Å². The maximum Gasteiger partial charge on any atom is 0.281 e. The number of hydrogen-bond acceptors (Lipinski definition) is 4. The largest absolute Gasteiger partial charge is 0.405 e. The van der Waals surface area contributed by atoms with Crippen LogP contribution < -0.4 is 0 Å². The van der Waals surface area contributed by atoms with E-state index in [1.807, 2.05) is 0 Å². The number of carbonyl (C=O) groups is 2. The molecular weight excluding hydrogens is 250 g/mol. The summed E-state index contributed by atoms with van der Waals surface area (Å²) >= 11 is 0. The summed E-state index contributed by atoms with van der Waals surface area (Å²) in [5, 5.41) is 0.855. The molecule has 5 nitrogen and oxygen atoms in total. The minimum absolute atomic E-state index is 0.0344. The summed E-state index contributed by atoms with van der Waals surface area (Å²) < 4.78 is 6.05. The summed E-state index contributed by atoms with van der Waals surface area (Å²) in [4.78, 5) is 28.3. The van der Waals surface area contributed by atoms with E-state index in [2.05, 4.69) is 33.9 Å². The Kier molecular flexibility index (Phi) is 4.35. The van der Waals surface area contributed by atoms with Gasteiger partial charge in [-0.2, -0.15) is 5.06 Å². The van der Waals surface area contributed by atoms with Crippen LogP contribution in [0.3, 0.4) is 0 Å². The average molecular weight is 273 g/mol. The fourth-order valence-corrected chi connectivity index (χ4v) is 2.85. The molecule has 1 saturated heterocycles. The lowest BCUT2D eigenvalue weighted by Crippen LogP contribution is -2.53. The Morgan fingerprint density at radius 2 is 1.83 bits per heavy atom. The van der Waals surface area contributed by atoms with Crippen LogP contribution in [0.2, 0.25) is 18.1 Å². The fourth-order valence-electron chi connectivity index (χ4n) is 1.57. The Morgan fingerprint density at radius 1 is 1.28 bits per heavy atom. The van der Waals surface area contributed by atoms with Crippen molar-refractivity contribution in [2.24, 2.45) is 0 Å². The summed E-state index contributed by atoms with van der Waals surface area (Å²) in [6.45, 7) is 10.5. The molecule has 1 aliphatic rings. The highest BCUT2D eigenvalue weighted by Gasteiger charge is 2.44. The topological polar surface area (TPSA) is 55.8 Å². The first-order valence-corrected chi connectivity index (χ1v) is 9.09.